The molecule has 0 aromatic rings. The molecule has 0 unspecified atom stereocenters. The summed E-state index contributed by atoms with van der Waals surface area (Å²) in [5.41, 5.74) is 6.10. The zero-order chi connectivity index (χ0) is 16.8. The summed E-state index contributed by atoms with van der Waals surface area (Å²) >= 11 is 0. The third-order valence-electron chi connectivity index (χ3n) is 6.33. The summed E-state index contributed by atoms with van der Waals surface area (Å²) in [6, 6.07) is 0. The van der Waals surface area contributed by atoms with Crippen molar-refractivity contribution in [2.45, 2.75) is 90.9 Å². The van der Waals surface area contributed by atoms with Gasteiger partial charge in [-0.1, -0.05) is 89.9 Å². The molecule has 0 atom stereocenters. The molecule has 4 aliphatic carbocycles. The SMILES string of the molecule is CC1=[C-]CC=C1C1CCCCC1.CC1=[C-]CC=C1C1CCCCC1.[Zr+2]. The van der Waals surface area contributed by atoms with E-state index in [2.05, 4.69) is 38.2 Å². The number of hydrogen-bond acceptors (Lipinski definition) is 0. The average Bonchev–Trinajstić information content (AvgIpc) is 3.25. The van der Waals surface area contributed by atoms with Crippen molar-refractivity contribution < 1.29 is 26.2 Å². The topological polar surface area (TPSA) is 0 Å². The molecule has 0 nitrogen and oxygen atoms in total. The Morgan fingerprint density at radius 2 is 1.00 bits per heavy atom. The first-order valence-corrected chi connectivity index (χ1v) is 10.3. The van der Waals surface area contributed by atoms with Crippen LogP contribution in [0.1, 0.15) is 90.9 Å². The van der Waals surface area contributed by atoms with E-state index in [4.69, 9.17) is 0 Å². The smallest absolute Gasteiger partial charge is 0.269 e. The van der Waals surface area contributed by atoms with Crippen LogP contribution in [0.2, 0.25) is 0 Å². The number of hydrogen-bond donors (Lipinski definition) is 0. The summed E-state index contributed by atoms with van der Waals surface area (Å²) in [4.78, 5) is 0. The minimum Gasteiger partial charge on any atom is -0.269 e. The van der Waals surface area contributed by atoms with Crippen LogP contribution in [-0.2, 0) is 26.2 Å². The molecular formula is C24H34Zr. The molecule has 0 heterocycles. The molecular weight excluding hydrogens is 379 g/mol. The molecule has 0 saturated heterocycles. The Morgan fingerprint density at radius 1 is 0.640 bits per heavy atom. The van der Waals surface area contributed by atoms with Crippen LogP contribution in [0.5, 0.6) is 0 Å². The van der Waals surface area contributed by atoms with Crippen LogP contribution in [0.4, 0.5) is 0 Å². The first-order chi connectivity index (χ1) is 11.8. The molecule has 0 N–H and O–H groups in total. The van der Waals surface area contributed by atoms with E-state index in [1.165, 1.54) is 75.4 Å². The zero-order valence-electron chi connectivity index (χ0n) is 16.3. The maximum absolute atomic E-state index is 3.39. The van der Waals surface area contributed by atoms with Crippen LogP contribution in [0.15, 0.2) is 34.4 Å². The molecule has 4 aliphatic rings. The predicted molar refractivity (Wildman–Crippen MR) is 103 cm³/mol. The summed E-state index contributed by atoms with van der Waals surface area (Å²) in [6.45, 7) is 4.43. The van der Waals surface area contributed by atoms with Crippen LogP contribution >= 0.6 is 0 Å². The molecule has 2 saturated carbocycles. The van der Waals surface area contributed by atoms with Crippen molar-refractivity contribution in [3.05, 3.63) is 46.6 Å². The zero-order valence-corrected chi connectivity index (χ0v) is 18.8. The van der Waals surface area contributed by atoms with Crippen molar-refractivity contribution in [1.29, 1.82) is 0 Å². The maximum Gasteiger partial charge on any atom is 2.00 e. The molecule has 25 heavy (non-hydrogen) atoms. The fourth-order valence-electron chi connectivity index (χ4n) is 4.91. The molecule has 0 aliphatic heterocycles. The van der Waals surface area contributed by atoms with E-state index in [-0.39, 0.29) is 26.2 Å². The van der Waals surface area contributed by atoms with E-state index in [1.54, 1.807) is 11.1 Å². The predicted octanol–water partition coefficient (Wildman–Crippen LogP) is 7.29. The molecule has 4 rings (SSSR count). The Hall–Kier alpha value is -0.157. The third-order valence-corrected chi connectivity index (χ3v) is 6.33. The van der Waals surface area contributed by atoms with E-state index in [9.17, 15) is 0 Å². The fraction of sp³-hybridized carbons (Fsp3) is 0.667. The molecule has 0 amide bonds. The molecule has 0 aromatic heterocycles. The molecule has 0 spiro atoms. The van der Waals surface area contributed by atoms with Gasteiger partial charge < -0.3 is 0 Å². The van der Waals surface area contributed by atoms with Crippen LogP contribution < -0.4 is 0 Å². The quantitative estimate of drug-likeness (QED) is 0.417. The van der Waals surface area contributed by atoms with Crippen LogP contribution in [0, 0.1) is 24.0 Å². The van der Waals surface area contributed by atoms with Crippen molar-refractivity contribution in [1.82, 2.24) is 0 Å². The van der Waals surface area contributed by atoms with E-state index in [0.29, 0.717) is 0 Å². The van der Waals surface area contributed by atoms with Gasteiger partial charge in [0.15, 0.2) is 0 Å². The Morgan fingerprint density at radius 3 is 1.28 bits per heavy atom. The van der Waals surface area contributed by atoms with E-state index in [1.807, 2.05) is 0 Å². The Bertz CT molecular complexity index is 484. The van der Waals surface area contributed by atoms with Crippen LogP contribution in [0.25, 0.3) is 0 Å². The van der Waals surface area contributed by atoms with Crippen molar-refractivity contribution in [3.8, 4) is 0 Å². The first kappa shape index (κ1) is 21.1. The molecule has 0 aromatic carbocycles. The summed E-state index contributed by atoms with van der Waals surface area (Å²) in [7, 11) is 0. The fourth-order valence-corrected chi connectivity index (χ4v) is 4.91. The second-order valence-electron chi connectivity index (χ2n) is 8.00. The Balaban J connectivity index is 0.000000173. The van der Waals surface area contributed by atoms with Gasteiger partial charge in [-0.15, -0.1) is 12.8 Å². The van der Waals surface area contributed by atoms with Crippen molar-refractivity contribution in [2.75, 3.05) is 0 Å². The van der Waals surface area contributed by atoms with Gasteiger partial charge in [-0.3, -0.25) is 12.2 Å². The Kier molecular flexibility index (Phi) is 9.19. The van der Waals surface area contributed by atoms with Gasteiger partial charge in [-0.25, -0.2) is 11.1 Å². The normalized spacial score (nSPS) is 24.4. The second kappa shape index (κ2) is 10.9. The number of rotatable bonds is 2. The minimum atomic E-state index is 0. The molecule has 0 bridgehead atoms. The minimum absolute atomic E-state index is 0. The third kappa shape index (κ3) is 5.92. The second-order valence-corrected chi connectivity index (χ2v) is 8.00. The standard InChI is InChI=1S/2C12H17.Zr/c2*1-10-6-5-9-12(10)11-7-3-2-4-8-11;/h2*9,11H,2-5,7-8H2,1H3;/q2*-1;+2. The van der Waals surface area contributed by atoms with Gasteiger partial charge in [0.2, 0.25) is 0 Å². The largest absolute Gasteiger partial charge is 2.00 e. The van der Waals surface area contributed by atoms with Gasteiger partial charge in [0, 0.05) is 0 Å². The summed E-state index contributed by atoms with van der Waals surface area (Å²) in [5, 5.41) is 0. The van der Waals surface area contributed by atoms with Gasteiger partial charge >= 0.3 is 26.2 Å². The van der Waals surface area contributed by atoms with E-state index in [0.717, 1.165) is 24.7 Å². The van der Waals surface area contributed by atoms with Crippen LogP contribution in [-0.4, -0.2) is 0 Å². The molecule has 0 radical (unpaired) electrons. The van der Waals surface area contributed by atoms with Crippen molar-refractivity contribution in [3.63, 3.8) is 0 Å². The van der Waals surface area contributed by atoms with Gasteiger partial charge in [0.25, 0.3) is 0 Å². The van der Waals surface area contributed by atoms with Gasteiger partial charge in [0.05, 0.1) is 0 Å². The summed E-state index contributed by atoms with van der Waals surface area (Å²) < 4.78 is 0. The van der Waals surface area contributed by atoms with Crippen molar-refractivity contribution in [2.24, 2.45) is 11.8 Å². The van der Waals surface area contributed by atoms with Crippen LogP contribution in [0.3, 0.4) is 0 Å². The number of allylic oxidation sites excluding steroid dienone is 8. The summed E-state index contributed by atoms with van der Waals surface area (Å²) in [5.74, 6) is 1.77. The summed E-state index contributed by atoms with van der Waals surface area (Å²) in [6.07, 6.45) is 28.0. The van der Waals surface area contributed by atoms with E-state index < -0.39 is 0 Å². The maximum atomic E-state index is 3.39. The van der Waals surface area contributed by atoms with Gasteiger partial charge in [-0.2, -0.15) is 23.3 Å². The van der Waals surface area contributed by atoms with Crippen molar-refractivity contribution >= 4 is 0 Å². The molecule has 2 fully saturated rings. The monoisotopic (exact) mass is 412 g/mol. The van der Waals surface area contributed by atoms with Gasteiger partial charge in [-0.05, 0) is 0 Å². The molecule has 134 valence electrons. The van der Waals surface area contributed by atoms with E-state index >= 15 is 0 Å². The molecule has 1 heteroatoms. The average molecular weight is 414 g/mol. The van der Waals surface area contributed by atoms with Gasteiger partial charge in [0.1, 0.15) is 0 Å². The first-order valence-electron chi connectivity index (χ1n) is 10.3. The Labute approximate surface area is 175 Å².